The molecule has 4 rings (SSSR count). The first-order valence-electron chi connectivity index (χ1n) is 11.0. The minimum absolute atomic E-state index is 0.113. The molecule has 2 heterocycles. The van der Waals surface area contributed by atoms with Gasteiger partial charge in [-0.1, -0.05) is 23.7 Å². The highest BCUT2D eigenvalue weighted by molar-refractivity contribution is 6.30. The van der Waals surface area contributed by atoms with Gasteiger partial charge in [-0.25, -0.2) is 4.98 Å². The molecule has 0 aliphatic heterocycles. The Morgan fingerprint density at radius 2 is 1.92 bits per heavy atom. The summed E-state index contributed by atoms with van der Waals surface area (Å²) in [6.07, 6.45) is 2.39. The Hall–Kier alpha value is -4.88. The van der Waals surface area contributed by atoms with Gasteiger partial charge >= 0.3 is 0 Å². The van der Waals surface area contributed by atoms with Gasteiger partial charge in [0.05, 0.1) is 6.54 Å². The van der Waals surface area contributed by atoms with Crippen LogP contribution in [0.25, 0.3) is 0 Å². The Morgan fingerprint density at radius 1 is 1.19 bits per heavy atom. The van der Waals surface area contributed by atoms with E-state index in [1.54, 1.807) is 60.7 Å². The van der Waals surface area contributed by atoms with Crippen molar-refractivity contribution in [1.82, 2.24) is 14.7 Å². The summed E-state index contributed by atoms with van der Waals surface area (Å²) < 4.78 is 11.7. The molecule has 2 aromatic carbocycles. The van der Waals surface area contributed by atoms with Crippen molar-refractivity contribution in [3.8, 4) is 17.7 Å². The molecule has 10 nitrogen and oxygen atoms in total. The van der Waals surface area contributed by atoms with Crippen molar-refractivity contribution in [3.05, 3.63) is 105 Å². The molecule has 37 heavy (non-hydrogen) atoms. The van der Waals surface area contributed by atoms with E-state index >= 15 is 0 Å². The van der Waals surface area contributed by atoms with Crippen LogP contribution in [0.5, 0.6) is 11.6 Å². The Morgan fingerprint density at radius 3 is 2.54 bits per heavy atom. The number of aromatic nitrogens is 3. The van der Waals surface area contributed by atoms with Crippen LogP contribution in [0.4, 0.5) is 11.6 Å². The van der Waals surface area contributed by atoms with Crippen LogP contribution in [0.1, 0.15) is 18.1 Å². The molecule has 0 bridgehead atoms. The lowest BCUT2D eigenvalue weighted by atomic mass is 10.1. The third kappa shape index (κ3) is 6.22. The molecule has 0 radical (unpaired) electrons. The number of hydrogen-bond donors (Lipinski definition) is 2. The predicted molar refractivity (Wildman–Crippen MR) is 135 cm³/mol. The Bertz CT molecular complexity index is 1540. The Kier molecular flexibility index (Phi) is 7.66. The Balaban J connectivity index is 1.66. The molecule has 0 saturated carbocycles. The molecule has 4 aromatic rings. The van der Waals surface area contributed by atoms with Gasteiger partial charge in [0.25, 0.3) is 11.4 Å². The molecule has 2 N–H and O–H groups in total. The summed E-state index contributed by atoms with van der Waals surface area (Å²) in [6, 6.07) is 17.1. The largest absolute Gasteiger partial charge is 0.510 e. The molecule has 0 unspecified atom stereocenters. The molecule has 2 aromatic heterocycles. The van der Waals surface area contributed by atoms with Gasteiger partial charge in [-0.15, -0.1) is 0 Å². The number of anilines is 2. The van der Waals surface area contributed by atoms with Crippen molar-refractivity contribution in [2.75, 3.05) is 5.32 Å². The number of benzene rings is 2. The standard InChI is InChI=1S/C26H20ClN5O5/c1-16(33)22(13-28)23(34)12-18-14-29-26(32(25(18)35)15-17-2-4-19(27)5-3-17)30-20-6-8-21(9-7-20)37-24-10-11-36-31-24/h2-11,14,34H,12,15H2,1H3,(H,29,30). The highest BCUT2D eigenvalue weighted by Gasteiger charge is 2.17. The number of hydrogen-bond acceptors (Lipinski definition) is 9. The predicted octanol–water partition coefficient (Wildman–Crippen LogP) is 4.94. The van der Waals surface area contributed by atoms with Crippen molar-refractivity contribution < 1.29 is 19.2 Å². The zero-order valence-electron chi connectivity index (χ0n) is 19.5. The summed E-state index contributed by atoms with van der Waals surface area (Å²) in [5, 5.41) is 26.8. The molecular formula is C26H20ClN5O5. The highest BCUT2D eigenvalue weighted by Crippen LogP contribution is 2.23. The van der Waals surface area contributed by atoms with Crippen molar-refractivity contribution >= 4 is 29.0 Å². The average Bonchev–Trinajstić information content (AvgIpc) is 3.39. The SMILES string of the molecule is CC(=O)C(C#N)=C(O)Cc1cnc(Nc2ccc(Oc3ccon3)cc2)n(Cc2ccc(Cl)cc2)c1=O. The summed E-state index contributed by atoms with van der Waals surface area (Å²) in [6.45, 7) is 1.32. The zero-order chi connectivity index (χ0) is 26.4. The van der Waals surface area contributed by atoms with Gasteiger partial charge in [-0.2, -0.15) is 5.26 Å². The molecule has 0 amide bonds. The second kappa shape index (κ2) is 11.2. The molecule has 0 fully saturated rings. The molecule has 0 saturated heterocycles. The lowest BCUT2D eigenvalue weighted by Crippen LogP contribution is -2.28. The summed E-state index contributed by atoms with van der Waals surface area (Å²) in [4.78, 5) is 29.4. The van der Waals surface area contributed by atoms with Gasteiger partial charge in [-0.3, -0.25) is 14.2 Å². The molecule has 0 atom stereocenters. The van der Waals surface area contributed by atoms with Crippen molar-refractivity contribution in [2.24, 2.45) is 0 Å². The van der Waals surface area contributed by atoms with E-state index in [2.05, 4.69) is 15.5 Å². The van der Waals surface area contributed by atoms with Gasteiger partial charge in [0.15, 0.2) is 5.78 Å². The number of carbonyl (C=O) groups is 1. The molecule has 0 spiro atoms. The lowest BCUT2D eigenvalue weighted by molar-refractivity contribution is -0.113. The first-order chi connectivity index (χ1) is 17.8. The lowest BCUT2D eigenvalue weighted by Gasteiger charge is -2.15. The van der Waals surface area contributed by atoms with E-state index in [1.807, 2.05) is 0 Å². The second-order valence-corrected chi connectivity index (χ2v) is 8.32. The quantitative estimate of drug-likeness (QED) is 0.179. The molecule has 11 heteroatoms. The monoisotopic (exact) mass is 517 g/mol. The van der Waals surface area contributed by atoms with E-state index in [0.29, 0.717) is 22.3 Å². The van der Waals surface area contributed by atoms with Crippen LogP contribution in [0.15, 0.2) is 87.7 Å². The van der Waals surface area contributed by atoms with Crippen LogP contribution >= 0.6 is 11.6 Å². The highest BCUT2D eigenvalue weighted by atomic mass is 35.5. The van der Waals surface area contributed by atoms with Crippen LogP contribution in [-0.2, 0) is 17.8 Å². The summed E-state index contributed by atoms with van der Waals surface area (Å²) in [5.74, 6) is 0.00206. The molecule has 186 valence electrons. The number of halogens is 1. The number of carbonyl (C=O) groups excluding carboxylic acids is 1. The van der Waals surface area contributed by atoms with Gasteiger partial charge < -0.3 is 19.7 Å². The number of ketones is 1. The fourth-order valence-corrected chi connectivity index (χ4v) is 3.53. The molecule has 0 aliphatic rings. The topological polar surface area (TPSA) is 143 Å². The third-order valence-corrected chi connectivity index (χ3v) is 5.48. The number of aliphatic hydroxyl groups excluding tert-OH is 1. The van der Waals surface area contributed by atoms with Crippen molar-refractivity contribution in [2.45, 2.75) is 19.9 Å². The average molecular weight is 518 g/mol. The fourth-order valence-electron chi connectivity index (χ4n) is 3.40. The van der Waals surface area contributed by atoms with Gasteiger partial charge in [0, 0.05) is 35.0 Å². The summed E-state index contributed by atoms with van der Waals surface area (Å²) in [7, 11) is 0. The van der Waals surface area contributed by atoms with E-state index < -0.39 is 22.7 Å². The number of aliphatic hydroxyl groups is 1. The molecular weight excluding hydrogens is 498 g/mol. The van der Waals surface area contributed by atoms with Crippen LogP contribution < -0.4 is 15.6 Å². The first kappa shape index (κ1) is 25.2. The smallest absolute Gasteiger partial charge is 0.259 e. The number of rotatable bonds is 9. The zero-order valence-corrected chi connectivity index (χ0v) is 20.3. The maximum absolute atomic E-state index is 13.4. The van der Waals surface area contributed by atoms with Crippen LogP contribution in [0.3, 0.4) is 0 Å². The van der Waals surface area contributed by atoms with E-state index in [0.717, 1.165) is 5.56 Å². The van der Waals surface area contributed by atoms with Gasteiger partial charge in [-0.05, 0) is 54.0 Å². The van der Waals surface area contributed by atoms with Crippen LogP contribution in [0.2, 0.25) is 5.02 Å². The minimum atomic E-state index is -0.594. The van der Waals surface area contributed by atoms with Crippen molar-refractivity contribution in [3.63, 3.8) is 0 Å². The van der Waals surface area contributed by atoms with Crippen LogP contribution in [0, 0.1) is 11.3 Å². The third-order valence-electron chi connectivity index (χ3n) is 5.23. The molecule has 0 aliphatic carbocycles. The van der Waals surface area contributed by atoms with E-state index in [-0.39, 0.29) is 24.5 Å². The number of nitriles is 1. The second-order valence-electron chi connectivity index (χ2n) is 7.88. The van der Waals surface area contributed by atoms with Gasteiger partial charge in [0.1, 0.15) is 29.4 Å². The summed E-state index contributed by atoms with van der Waals surface area (Å²) in [5.41, 5.74) is 0.668. The van der Waals surface area contributed by atoms with E-state index in [1.165, 1.54) is 24.0 Å². The van der Waals surface area contributed by atoms with E-state index in [9.17, 15) is 14.7 Å². The maximum atomic E-state index is 13.4. The first-order valence-corrected chi connectivity index (χ1v) is 11.3. The Labute approximate surface area is 216 Å². The fraction of sp³-hybridized carbons (Fsp3) is 0.115. The van der Waals surface area contributed by atoms with Gasteiger partial charge in [0.2, 0.25) is 5.95 Å². The van der Waals surface area contributed by atoms with Crippen molar-refractivity contribution in [1.29, 1.82) is 5.26 Å². The minimum Gasteiger partial charge on any atom is -0.510 e. The number of nitrogens with one attached hydrogen (secondary N) is 1. The maximum Gasteiger partial charge on any atom is 0.259 e. The van der Waals surface area contributed by atoms with E-state index in [4.69, 9.17) is 26.1 Å². The van der Waals surface area contributed by atoms with Crippen LogP contribution in [-0.4, -0.2) is 25.6 Å². The normalized spacial score (nSPS) is 11.4. The number of allylic oxidation sites excluding steroid dienone is 2. The number of Topliss-reactive ketones (excluding diaryl/α,β-unsaturated/α-hetero) is 1. The summed E-state index contributed by atoms with van der Waals surface area (Å²) >= 11 is 5.99. The number of nitrogens with zero attached hydrogens (tertiary/aromatic N) is 4. The number of ether oxygens (including phenoxy) is 1.